The first-order chi connectivity index (χ1) is 6.00. The van der Waals surface area contributed by atoms with Crippen LogP contribution in [0.2, 0.25) is 0 Å². The fourth-order valence-corrected chi connectivity index (χ4v) is 0. The maximum absolute atomic E-state index is 8.49. The van der Waals surface area contributed by atoms with E-state index < -0.39 is 30.7 Å². The predicted octanol–water partition coefficient (Wildman–Crippen LogP) is -14.3. The van der Waals surface area contributed by atoms with Crippen LogP contribution in [0.1, 0.15) is 0 Å². The molecule has 0 saturated heterocycles. The molecule has 0 aliphatic rings. The van der Waals surface area contributed by atoms with E-state index in [0.29, 0.717) is 0 Å². The van der Waals surface area contributed by atoms with E-state index in [2.05, 4.69) is 0 Å². The van der Waals surface area contributed by atoms with Gasteiger partial charge in [0.1, 0.15) is 0 Å². The van der Waals surface area contributed by atoms with E-state index in [0.717, 1.165) is 0 Å². The molecule has 0 spiro atoms. The summed E-state index contributed by atoms with van der Waals surface area (Å²) in [5.74, 6) is 0. The summed E-state index contributed by atoms with van der Waals surface area (Å²) in [6, 6.07) is 0. The molecule has 0 bridgehead atoms. The molecule has 1 radical (unpaired) electrons. The van der Waals surface area contributed by atoms with Crippen LogP contribution >= 0.6 is 0 Å². The van der Waals surface area contributed by atoms with E-state index in [9.17, 15) is 0 Å². The summed E-state index contributed by atoms with van der Waals surface area (Å²) in [4.78, 5) is 0. The first kappa shape index (κ1) is 26.5. The summed E-state index contributed by atoms with van der Waals surface area (Å²) in [5.41, 5.74) is 0. The molecule has 0 aliphatic carbocycles. The Morgan fingerprint density at radius 2 is 0.312 bits per heavy atom. The smallest absolute Gasteiger partial charge is 0.222 e. The minimum atomic E-state index is -4.94. The van der Waals surface area contributed by atoms with E-state index in [1.54, 1.807) is 0 Å². The van der Waals surface area contributed by atoms with Crippen molar-refractivity contribution in [1.82, 2.24) is 0 Å². The number of halogens is 3. The molecule has 107 valence electrons. The Hall–Kier alpha value is 1.91. The molecule has 0 aromatic heterocycles. The van der Waals surface area contributed by atoms with Gasteiger partial charge in [0, 0.05) is 0 Å². The zero-order valence-electron chi connectivity index (χ0n) is 6.30. The zero-order valence-corrected chi connectivity index (χ0v) is 10.3. The number of hydrogen-bond acceptors (Lipinski definition) is 12. The summed E-state index contributed by atoms with van der Waals surface area (Å²) < 4.78 is 102. The fourth-order valence-electron chi connectivity index (χ4n) is 0. The summed E-state index contributed by atoms with van der Waals surface area (Å²) in [5, 5.41) is 0. The van der Waals surface area contributed by atoms with E-state index in [-0.39, 0.29) is 46.9 Å². The van der Waals surface area contributed by atoms with Crippen molar-refractivity contribution in [3.05, 3.63) is 0 Å². The van der Waals surface area contributed by atoms with Gasteiger partial charge in [-0.1, -0.05) is 0 Å². The first-order valence-corrected chi connectivity index (χ1v) is 5.55. The standard InChI is InChI=1S/3ClHO4.Yb/c3*2-1(3,4)5;/h3*(H,2,3,4,5);/q;;;+3/p-3. The Labute approximate surface area is 132 Å². The summed E-state index contributed by atoms with van der Waals surface area (Å²) in [6.45, 7) is 0. The molecule has 16 heavy (non-hydrogen) atoms. The second kappa shape index (κ2) is 10.8. The second-order valence-electron chi connectivity index (χ2n) is 1.13. The molecule has 0 fully saturated rings. The van der Waals surface area contributed by atoms with Crippen molar-refractivity contribution in [2.75, 3.05) is 0 Å². The summed E-state index contributed by atoms with van der Waals surface area (Å²) in [6.07, 6.45) is 0. The summed E-state index contributed by atoms with van der Waals surface area (Å²) in [7, 11) is -14.8. The molecule has 0 aromatic rings. The van der Waals surface area contributed by atoms with Crippen LogP contribution in [0, 0.1) is 77.7 Å². The Morgan fingerprint density at radius 3 is 0.312 bits per heavy atom. The van der Waals surface area contributed by atoms with Crippen molar-refractivity contribution in [3.8, 4) is 0 Å². The third kappa shape index (κ3) is 970. The molecule has 0 amide bonds. The van der Waals surface area contributed by atoms with Crippen LogP contribution in [0.5, 0.6) is 0 Å². The Balaban J connectivity index is -0.0000000655. The predicted molar refractivity (Wildman–Crippen MR) is 0 cm³/mol. The van der Waals surface area contributed by atoms with Crippen LogP contribution < -0.4 is 55.9 Å². The Kier molecular flexibility index (Phi) is 17.9. The number of rotatable bonds is 0. The van der Waals surface area contributed by atoms with E-state index >= 15 is 0 Å². The van der Waals surface area contributed by atoms with Crippen molar-refractivity contribution in [2.24, 2.45) is 0 Å². The van der Waals surface area contributed by atoms with Crippen molar-refractivity contribution < 1.29 is 134 Å². The van der Waals surface area contributed by atoms with Gasteiger partial charge in [0.25, 0.3) is 0 Å². The van der Waals surface area contributed by atoms with Crippen molar-refractivity contribution in [3.63, 3.8) is 0 Å². The van der Waals surface area contributed by atoms with Crippen LogP contribution in [0.4, 0.5) is 0 Å². The molecular weight excluding hydrogens is 471 g/mol. The van der Waals surface area contributed by atoms with Gasteiger partial charge >= 0.3 is 46.9 Å². The topological polar surface area (TPSA) is 277 Å². The molecule has 0 atom stereocenters. The SMILES string of the molecule is [O-][Cl+3]([O-])([O-])[O-].[O-][Cl+3]([O-])([O-])[O-].[O-][Cl+3]([O-])([O-])[O-].[Yb+3]. The minimum absolute atomic E-state index is 0. The fraction of sp³-hybridized carbons (Fsp3) is 0. The van der Waals surface area contributed by atoms with E-state index in [1.165, 1.54) is 0 Å². The monoisotopic (exact) mass is 471 g/mol. The van der Waals surface area contributed by atoms with Crippen LogP contribution in [0.25, 0.3) is 0 Å². The van der Waals surface area contributed by atoms with Gasteiger partial charge in [-0.3, -0.25) is 0 Å². The van der Waals surface area contributed by atoms with Crippen molar-refractivity contribution in [1.29, 1.82) is 0 Å². The molecule has 0 aromatic carbocycles. The van der Waals surface area contributed by atoms with E-state index in [1.807, 2.05) is 0 Å². The largest absolute Gasteiger partial charge is 3.00 e. The molecule has 0 aliphatic heterocycles. The third-order valence-corrected chi connectivity index (χ3v) is 0. The maximum atomic E-state index is 8.49. The first-order valence-electron chi connectivity index (χ1n) is 1.85. The van der Waals surface area contributed by atoms with Crippen LogP contribution in [-0.4, -0.2) is 0 Å². The Bertz CT molecular complexity index is 91.3. The quantitative estimate of drug-likeness (QED) is 0.318. The van der Waals surface area contributed by atoms with E-state index in [4.69, 9.17) is 55.9 Å². The normalized spacial score (nSPS) is 11.2. The summed E-state index contributed by atoms with van der Waals surface area (Å²) >= 11 is 0. The van der Waals surface area contributed by atoms with Crippen LogP contribution in [0.15, 0.2) is 0 Å². The van der Waals surface area contributed by atoms with Gasteiger partial charge in [0.15, 0.2) is 0 Å². The van der Waals surface area contributed by atoms with Crippen LogP contribution in [-0.2, 0) is 0 Å². The average Bonchev–Trinajstić information content (AvgIpc) is 1.41. The van der Waals surface area contributed by atoms with Gasteiger partial charge in [-0.2, -0.15) is 0 Å². The molecule has 0 saturated carbocycles. The second-order valence-corrected chi connectivity index (χ2v) is 3.40. The van der Waals surface area contributed by atoms with Crippen molar-refractivity contribution >= 4 is 0 Å². The number of hydrogen-bond donors (Lipinski definition) is 0. The molecule has 0 rings (SSSR count). The van der Waals surface area contributed by atoms with Gasteiger partial charge in [0.2, 0.25) is 0 Å². The van der Waals surface area contributed by atoms with Gasteiger partial charge in [0.05, 0.1) is 0 Å². The maximum Gasteiger partial charge on any atom is 3.00 e. The van der Waals surface area contributed by atoms with Crippen molar-refractivity contribution in [2.45, 2.75) is 0 Å². The van der Waals surface area contributed by atoms with Gasteiger partial charge in [-0.15, -0.1) is 30.7 Å². The molecule has 16 heteroatoms. The van der Waals surface area contributed by atoms with Crippen LogP contribution in [0.3, 0.4) is 0 Å². The minimum Gasteiger partial charge on any atom is -0.222 e. The molecule has 0 heterocycles. The zero-order chi connectivity index (χ0) is 13.5. The Morgan fingerprint density at radius 1 is 0.312 bits per heavy atom. The molecular formula is Cl3O12Yb. The third-order valence-electron chi connectivity index (χ3n) is 0. The molecule has 0 N–H and O–H groups in total. The van der Waals surface area contributed by atoms with Gasteiger partial charge in [-0.05, 0) is 0 Å². The van der Waals surface area contributed by atoms with Gasteiger partial charge < -0.3 is 0 Å². The molecule has 12 nitrogen and oxygen atoms in total. The average molecular weight is 471 g/mol. The van der Waals surface area contributed by atoms with Gasteiger partial charge in [-0.25, -0.2) is 55.9 Å². The molecule has 0 unspecified atom stereocenters.